The van der Waals surface area contributed by atoms with Crippen LogP contribution in [0.3, 0.4) is 0 Å². The Labute approximate surface area is 292 Å². The highest BCUT2D eigenvalue weighted by atomic mass is 16.6. The molecule has 50 heavy (non-hydrogen) atoms. The number of hydrogen-bond donors (Lipinski definition) is 2. The fraction of sp³-hybridized carbons (Fsp3) is 0.378. The molecule has 1 aliphatic heterocycles. The number of imide groups is 1. The molecule has 3 aromatic rings. The lowest BCUT2D eigenvalue weighted by Crippen LogP contribution is -2.45. The highest BCUT2D eigenvalue weighted by molar-refractivity contribution is 6.41. The van der Waals surface area contributed by atoms with E-state index in [0.717, 1.165) is 21.9 Å². The van der Waals surface area contributed by atoms with Gasteiger partial charge in [0.1, 0.15) is 18.4 Å². The molecule has 13 nitrogen and oxygen atoms in total. The first-order valence-corrected chi connectivity index (χ1v) is 16.4. The molecule has 266 valence electrons. The highest BCUT2D eigenvalue weighted by Gasteiger charge is 2.38. The second-order valence-electron chi connectivity index (χ2n) is 12.4. The fourth-order valence-electron chi connectivity index (χ4n) is 5.47. The molecule has 2 heterocycles. The number of amides is 5. The summed E-state index contributed by atoms with van der Waals surface area (Å²) in [5.41, 5.74) is 6.32. The predicted molar refractivity (Wildman–Crippen MR) is 189 cm³/mol. The number of H-pyrrole nitrogens is 1. The number of aromatic amines is 1. The van der Waals surface area contributed by atoms with Gasteiger partial charge in [-0.1, -0.05) is 25.1 Å². The Morgan fingerprint density at radius 3 is 2.24 bits per heavy atom. The van der Waals surface area contributed by atoms with Crippen LogP contribution >= 0.6 is 0 Å². The zero-order valence-corrected chi connectivity index (χ0v) is 29.8. The Morgan fingerprint density at radius 2 is 1.60 bits per heavy atom. The highest BCUT2D eigenvalue weighted by Crippen LogP contribution is 2.38. The van der Waals surface area contributed by atoms with Crippen molar-refractivity contribution in [1.29, 1.82) is 0 Å². The molecule has 13 heteroatoms. The third kappa shape index (κ3) is 8.70. The number of ether oxygens (including phenoxy) is 3. The summed E-state index contributed by atoms with van der Waals surface area (Å²) in [6.07, 6.45) is 1.14. The molecule has 0 fully saturated rings. The monoisotopic (exact) mass is 687 g/mol. The molecule has 2 N–H and O–H groups in total. The van der Waals surface area contributed by atoms with E-state index < -0.39 is 36.1 Å². The summed E-state index contributed by atoms with van der Waals surface area (Å²) < 4.78 is 16.0. The zero-order valence-electron chi connectivity index (χ0n) is 29.8. The summed E-state index contributed by atoms with van der Waals surface area (Å²) in [5, 5.41) is 2.44. The fourth-order valence-corrected chi connectivity index (χ4v) is 5.47. The molecule has 1 unspecified atom stereocenters. The summed E-state index contributed by atoms with van der Waals surface area (Å²) in [6, 6.07) is 11.2. The largest absolute Gasteiger partial charge is 0.450 e. The Morgan fingerprint density at radius 1 is 0.940 bits per heavy atom. The minimum absolute atomic E-state index is 0.0386. The number of rotatable bonds is 11. The lowest BCUT2D eigenvalue weighted by molar-refractivity contribution is -0.136. The van der Waals surface area contributed by atoms with Crippen LogP contribution in [-0.4, -0.2) is 84.7 Å². The number of anilines is 1. The van der Waals surface area contributed by atoms with Gasteiger partial charge in [0.2, 0.25) is 0 Å². The maximum Gasteiger partial charge on any atom is 0.409 e. The lowest BCUT2D eigenvalue weighted by Gasteiger charge is -2.26. The molecule has 1 aromatic heterocycles. The van der Waals surface area contributed by atoms with Crippen LogP contribution in [-0.2, 0) is 25.7 Å². The molecule has 0 bridgehead atoms. The van der Waals surface area contributed by atoms with Crippen molar-refractivity contribution in [3.8, 4) is 5.75 Å². The van der Waals surface area contributed by atoms with Crippen LogP contribution in [0, 0.1) is 27.7 Å². The number of fused-ring (bicyclic) bond motifs is 1. The van der Waals surface area contributed by atoms with Gasteiger partial charge in [-0.2, -0.15) is 0 Å². The van der Waals surface area contributed by atoms with Crippen LogP contribution < -0.4 is 15.0 Å². The molecule has 1 atom stereocenters. The van der Waals surface area contributed by atoms with Crippen molar-refractivity contribution in [3.63, 3.8) is 0 Å². The maximum absolute atomic E-state index is 13.6. The van der Waals surface area contributed by atoms with Gasteiger partial charge in [0.25, 0.3) is 5.91 Å². The minimum atomic E-state index is -0.923. The molecule has 5 amide bonds. The number of benzene rings is 2. The van der Waals surface area contributed by atoms with E-state index in [1.807, 2.05) is 39.0 Å². The first-order chi connectivity index (χ1) is 23.7. The van der Waals surface area contributed by atoms with Gasteiger partial charge in [0.15, 0.2) is 0 Å². The number of likely N-dealkylation sites (N-methyl/N-ethyl adjacent to an activating group) is 2. The maximum atomic E-state index is 13.6. The molecular formula is C37H45N5O8. The van der Waals surface area contributed by atoms with Crippen molar-refractivity contribution in [3.05, 3.63) is 81.7 Å². The number of hydrogen-bond acceptors (Lipinski definition) is 8. The van der Waals surface area contributed by atoms with Crippen LogP contribution in [0.2, 0.25) is 0 Å². The number of nitrogens with zero attached hydrogens (tertiary/aromatic N) is 3. The zero-order chi connectivity index (χ0) is 36.7. The van der Waals surface area contributed by atoms with Crippen LogP contribution in [0.1, 0.15) is 59.5 Å². The summed E-state index contributed by atoms with van der Waals surface area (Å²) in [6.45, 7) is 11.3. The number of esters is 1. The molecule has 0 saturated heterocycles. The second kappa shape index (κ2) is 16.2. The van der Waals surface area contributed by atoms with E-state index in [0.29, 0.717) is 45.7 Å². The molecule has 1 aliphatic rings. The first kappa shape index (κ1) is 37.2. The molecular weight excluding hydrogens is 642 g/mol. The number of nitrogens with one attached hydrogen (secondary N) is 2. The Hall–Kier alpha value is -5.59. The number of carbonyl (C=O) groups excluding carboxylic acids is 5. The normalized spacial score (nSPS) is 13.5. The molecule has 0 saturated carbocycles. The number of carbonyl (C=O) groups is 5. The average molecular weight is 688 g/mol. The van der Waals surface area contributed by atoms with E-state index >= 15 is 0 Å². The smallest absolute Gasteiger partial charge is 0.409 e. The number of aromatic nitrogens is 1. The van der Waals surface area contributed by atoms with Gasteiger partial charge < -0.3 is 34.3 Å². The Kier molecular flexibility index (Phi) is 12.1. The molecule has 0 aliphatic carbocycles. The van der Waals surface area contributed by atoms with Gasteiger partial charge in [-0.05, 0) is 93.6 Å². The van der Waals surface area contributed by atoms with Crippen molar-refractivity contribution in [2.75, 3.05) is 38.7 Å². The number of urea groups is 1. The number of para-hydroxylation sites is 1. The van der Waals surface area contributed by atoms with Gasteiger partial charge in [-0.25, -0.2) is 24.1 Å². The van der Waals surface area contributed by atoms with E-state index in [1.165, 1.54) is 16.7 Å². The van der Waals surface area contributed by atoms with Gasteiger partial charge in [-0.3, -0.25) is 4.79 Å². The summed E-state index contributed by atoms with van der Waals surface area (Å²) in [7, 11) is 3.14. The van der Waals surface area contributed by atoms with Gasteiger partial charge in [-0.15, -0.1) is 0 Å². The predicted octanol–water partition coefficient (Wildman–Crippen LogP) is 5.89. The van der Waals surface area contributed by atoms with Crippen LogP contribution in [0.25, 0.3) is 11.6 Å². The summed E-state index contributed by atoms with van der Waals surface area (Å²) in [5.74, 6) is -0.723. The Balaban J connectivity index is 1.31. The van der Waals surface area contributed by atoms with E-state index in [-0.39, 0.29) is 26.3 Å². The third-order valence-electron chi connectivity index (χ3n) is 8.16. The van der Waals surface area contributed by atoms with Crippen LogP contribution in [0.5, 0.6) is 5.75 Å². The van der Waals surface area contributed by atoms with Crippen LogP contribution in [0.15, 0.2) is 42.5 Å². The standard InChI is InChI=1S/C37H45N5O8/c1-9-16-48-35(45)39-26(6)34(44)50-32-23(3)18-27(19-24(32)4)21-49-37(47)41(8)15-14-40(7)36(46)42-31-13-11-10-12-28(31)29(33(42)43)20-30-22(2)17-25(5)38-30/h10-13,17-20,26,38H,9,14-16,21H2,1-8H3,(H,39,45)/b29-20-. The van der Waals surface area contributed by atoms with E-state index in [9.17, 15) is 24.0 Å². The van der Waals surface area contributed by atoms with Crippen molar-refractivity contribution >= 4 is 47.4 Å². The average Bonchev–Trinajstić information content (AvgIpc) is 3.55. The van der Waals surface area contributed by atoms with E-state index in [4.69, 9.17) is 14.2 Å². The third-order valence-corrected chi connectivity index (χ3v) is 8.16. The molecule has 0 radical (unpaired) electrons. The lowest BCUT2D eigenvalue weighted by atomic mass is 10.1. The van der Waals surface area contributed by atoms with Crippen LogP contribution in [0.4, 0.5) is 20.1 Å². The molecule has 0 spiro atoms. The van der Waals surface area contributed by atoms with Gasteiger partial charge in [0, 0.05) is 44.1 Å². The summed E-state index contributed by atoms with van der Waals surface area (Å²) in [4.78, 5) is 71.5. The molecule has 4 rings (SSSR count). The second-order valence-corrected chi connectivity index (χ2v) is 12.4. The van der Waals surface area contributed by atoms with E-state index in [2.05, 4.69) is 10.3 Å². The quantitative estimate of drug-likeness (QED) is 0.144. The minimum Gasteiger partial charge on any atom is -0.450 e. The van der Waals surface area contributed by atoms with Crippen molar-refractivity contribution in [2.24, 2.45) is 0 Å². The number of aryl methyl sites for hydroxylation is 4. The first-order valence-electron chi connectivity index (χ1n) is 16.4. The SMILES string of the molecule is CCCOC(=O)NC(C)C(=O)Oc1c(C)cc(COC(=O)N(C)CCN(C)C(=O)N2C(=O)/C(=C\c3[nH]c(C)cc3C)c3ccccc32)cc1C. The summed E-state index contributed by atoms with van der Waals surface area (Å²) >= 11 is 0. The van der Waals surface area contributed by atoms with E-state index in [1.54, 1.807) is 58.3 Å². The number of alkyl carbamates (subject to hydrolysis) is 1. The van der Waals surface area contributed by atoms with Crippen molar-refractivity contribution in [2.45, 2.75) is 60.6 Å². The van der Waals surface area contributed by atoms with Crippen molar-refractivity contribution < 1.29 is 38.2 Å². The van der Waals surface area contributed by atoms with Crippen molar-refractivity contribution in [1.82, 2.24) is 20.1 Å². The van der Waals surface area contributed by atoms with Gasteiger partial charge >= 0.3 is 24.2 Å². The van der Waals surface area contributed by atoms with Gasteiger partial charge in [0.05, 0.1) is 17.9 Å². The molecule has 2 aromatic carbocycles. The topological polar surface area (TPSA) is 151 Å². The Bertz CT molecular complexity index is 1790.